The standard InChI is InChI=1S/C8H9BrO2S.C4H4BrNO2/c1-2-11-8(10)7-4-3-6(5-9)12-7;5-6-3(7)1-2-4(6)8/h3-4H,2,5H2,1H3;1-2H2. The molecule has 0 saturated carbocycles. The number of nitrogens with zero attached hydrogens (tertiary/aromatic N) is 1. The molecular weight excluding hydrogens is 414 g/mol. The fourth-order valence-electron chi connectivity index (χ4n) is 1.31. The van der Waals surface area contributed by atoms with E-state index in [0.29, 0.717) is 24.3 Å². The summed E-state index contributed by atoms with van der Waals surface area (Å²) >= 11 is 7.58. The number of hydrogen-bond donors (Lipinski definition) is 0. The van der Waals surface area contributed by atoms with Crippen LogP contribution in [0.3, 0.4) is 0 Å². The molecule has 2 amide bonds. The van der Waals surface area contributed by atoms with E-state index < -0.39 is 0 Å². The Morgan fingerprint density at radius 3 is 2.30 bits per heavy atom. The van der Waals surface area contributed by atoms with Gasteiger partial charge in [-0.2, -0.15) is 0 Å². The highest BCUT2D eigenvalue weighted by Gasteiger charge is 2.26. The molecule has 1 aromatic heterocycles. The number of imide groups is 1. The molecular formula is C12H13Br2NO4S. The quantitative estimate of drug-likeness (QED) is 0.322. The molecule has 0 aliphatic carbocycles. The molecule has 1 saturated heterocycles. The van der Waals surface area contributed by atoms with Gasteiger partial charge in [0.25, 0.3) is 0 Å². The summed E-state index contributed by atoms with van der Waals surface area (Å²) in [7, 11) is 0. The highest BCUT2D eigenvalue weighted by molar-refractivity contribution is 9.08. The number of carbonyl (C=O) groups is 3. The van der Waals surface area contributed by atoms with E-state index in [1.54, 1.807) is 13.0 Å². The van der Waals surface area contributed by atoms with Gasteiger partial charge in [-0.3, -0.25) is 9.59 Å². The Labute approximate surface area is 137 Å². The summed E-state index contributed by atoms with van der Waals surface area (Å²) in [5.41, 5.74) is 0. The van der Waals surface area contributed by atoms with E-state index in [4.69, 9.17) is 4.74 Å². The van der Waals surface area contributed by atoms with Gasteiger partial charge in [-0.15, -0.1) is 11.3 Å². The maximum Gasteiger partial charge on any atom is 0.348 e. The zero-order valence-corrected chi connectivity index (χ0v) is 14.7. The van der Waals surface area contributed by atoms with Crippen LogP contribution in [-0.4, -0.2) is 28.3 Å². The summed E-state index contributed by atoms with van der Waals surface area (Å²) in [4.78, 5) is 33.8. The van der Waals surface area contributed by atoms with E-state index in [0.717, 1.165) is 14.1 Å². The van der Waals surface area contributed by atoms with E-state index in [-0.39, 0.29) is 17.8 Å². The zero-order valence-electron chi connectivity index (χ0n) is 10.7. The molecule has 1 aliphatic rings. The fraction of sp³-hybridized carbons (Fsp3) is 0.417. The second kappa shape index (κ2) is 8.53. The number of halogens is 2. The average Bonchev–Trinajstić information content (AvgIpc) is 3.03. The third-order valence-corrected chi connectivity index (χ3v) is 5.09. The van der Waals surface area contributed by atoms with E-state index in [1.807, 2.05) is 6.07 Å². The minimum absolute atomic E-state index is 0.144. The first kappa shape index (κ1) is 17.3. The smallest absolute Gasteiger partial charge is 0.348 e. The fourth-order valence-corrected chi connectivity index (χ4v) is 2.95. The molecule has 0 unspecified atom stereocenters. The third-order valence-electron chi connectivity index (χ3n) is 2.26. The Balaban J connectivity index is 0.000000217. The molecule has 1 fully saturated rings. The summed E-state index contributed by atoms with van der Waals surface area (Å²) in [5.74, 6) is -0.514. The van der Waals surface area contributed by atoms with Crippen LogP contribution in [0.15, 0.2) is 12.1 Å². The number of alkyl halides is 1. The largest absolute Gasteiger partial charge is 0.462 e. The predicted octanol–water partition coefficient (Wildman–Crippen LogP) is 3.27. The van der Waals surface area contributed by atoms with E-state index >= 15 is 0 Å². The van der Waals surface area contributed by atoms with Crippen molar-refractivity contribution in [2.75, 3.05) is 6.61 Å². The number of ether oxygens (including phenoxy) is 1. The van der Waals surface area contributed by atoms with E-state index in [2.05, 4.69) is 32.1 Å². The zero-order chi connectivity index (χ0) is 15.1. The number of rotatable bonds is 3. The summed E-state index contributed by atoms with van der Waals surface area (Å²) < 4.78 is 5.82. The van der Waals surface area contributed by atoms with Gasteiger partial charge in [-0.05, 0) is 19.1 Å². The van der Waals surface area contributed by atoms with Crippen LogP contribution >= 0.6 is 43.4 Å². The number of carbonyl (C=O) groups excluding carboxylic acids is 3. The molecule has 0 aromatic carbocycles. The molecule has 110 valence electrons. The van der Waals surface area contributed by atoms with Crippen LogP contribution in [0.25, 0.3) is 0 Å². The van der Waals surface area contributed by atoms with Gasteiger partial charge in [0.1, 0.15) is 4.88 Å². The Morgan fingerprint density at radius 1 is 1.35 bits per heavy atom. The molecule has 2 rings (SSSR count). The van der Waals surface area contributed by atoms with E-state index in [9.17, 15) is 14.4 Å². The first-order valence-corrected chi connectivity index (χ1v) is 8.47. The van der Waals surface area contributed by atoms with Crippen LogP contribution in [0.2, 0.25) is 0 Å². The molecule has 0 bridgehead atoms. The first-order chi connectivity index (χ1) is 9.49. The van der Waals surface area contributed by atoms with Crippen LogP contribution in [0.4, 0.5) is 0 Å². The van der Waals surface area contributed by atoms with Crippen LogP contribution in [0, 0.1) is 0 Å². The molecule has 5 nitrogen and oxygen atoms in total. The minimum atomic E-state index is -0.227. The molecule has 0 N–H and O–H groups in total. The van der Waals surface area contributed by atoms with Crippen LogP contribution in [0.1, 0.15) is 34.3 Å². The van der Waals surface area contributed by atoms with Crippen molar-refractivity contribution in [3.05, 3.63) is 21.9 Å². The number of esters is 1. The molecule has 0 radical (unpaired) electrons. The van der Waals surface area contributed by atoms with Gasteiger partial charge in [0.2, 0.25) is 11.8 Å². The van der Waals surface area contributed by atoms with Gasteiger partial charge < -0.3 is 4.74 Å². The predicted molar refractivity (Wildman–Crippen MR) is 82.9 cm³/mol. The van der Waals surface area contributed by atoms with Crippen molar-refractivity contribution in [2.45, 2.75) is 25.1 Å². The van der Waals surface area contributed by atoms with E-state index in [1.165, 1.54) is 11.3 Å². The summed E-state index contributed by atoms with van der Waals surface area (Å²) in [5, 5.41) is 0.789. The summed E-state index contributed by atoms with van der Waals surface area (Å²) in [6, 6.07) is 3.71. The lowest BCUT2D eigenvalue weighted by Crippen LogP contribution is -2.16. The molecule has 2 heterocycles. The summed E-state index contributed by atoms with van der Waals surface area (Å²) in [6.45, 7) is 2.23. The van der Waals surface area contributed by atoms with Gasteiger partial charge in [0.05, 0.1) is 22.8 Å². The highest BCUT2D eigenvalue weighted by Crippen LogP contribution is 2.19. The molecule has 20 heavy (non-hydrogen) atoms. The molecule has 0 spiro atoms. The SMILES string of the molecule is CCOC(=O)c1ccc(CBr)s1.O=C1CCC(=O)N1Br. The second-order valence-electron chi connectivity index (χ2n) is 3.69. The number of hydrogen-bond acceptors (Lipinski definition) is 5. The lowest BCUT2D eigenvalue weighted by atomic mass is 10.4. The van der Waals surface area contributed by atoms with Gasteiger partial charge in [0.15, 0.2) is 0 Å². The maximum atomic E-state index is 11.1. The van der Waals surface area contributed by atoms with Crippen molar-refractivity contribution in [3.8, 4) is 0 Å². The number of thiophene rings is 1. The molecule has 8 heteroatoms. The van der Waals surface area contributed by atoms with Crippen LogP contribution in [-0.2, 0) is 19.7 Å². The van der Waals surface area contributed by atoms with Crippen molar-refractivity contribution >= 4 is 61.2 Å². The van der Waals surface area contributed by atoms with Crippen molar-refractivity contribution in [3.63, 3.8) is 0 Å². The van der Waals surface area contributed by atoms with Crippen molar-refractivity contribution in [1.82, 2.24) is 3.93 Å². The van der Waals surface area contributed by atoms with Gasteiger partial charge in [-0.25, -0.2) is 8.72 Å². The Bertz CT molecular complexity index is 487. The molecule has 0 atom stereocenters. The lowest BCUT2D eigenvalue weighted by molar-refractivity contribution is -0.131. The highest BCUT2D eigenvalue weighted by atomic mass is 79.9. The average molecular weight is 427 g/mol. The molecule has 1 aliphatic heterocycles. The Hall–Kier alpha value is -0.730. The second-order valence-corrected chi connectivity index (χ2v) is 6.13. The van der Waals surface area contributed by atoms with Gasteiger partial charge in [-0.1, -0.05) is 15.9 Å². The normalized spacial score (nSPS) is 14.1. The number of amides is 2. The van der Waals surface area contributed by atoms with Crippen molar-refractivity contribution in [1.29, 1.82) is 0 Å². The molecule has 1 aromatic rings. The van der Waals surface area contributed by atoms with Gasteiger partial charge >= 0.3 is 5.97 Å². The summed E-state index contributed by atoms with van der Waals surface area (Å²) in [6.07, 6.45) is 0.703. The van der Waals surface area contributed by atoms with Crippen molar-refractivity contribution < 1.29 is 19.1 Å². The minimum Gasteiger partial charge on any atom is -0.462 e. The Kier molecular flexibility index (Phi) is 7.39. The monoisotopic (exact) mass is 425 g/mol. The Morgan fingerprint density at radius 2 is 1.95 bits per heavy atom. The first-order valence-electron chi connectivity index (χ1n) is 5.83. The maximum absolute atomic E-state index is 11.1. The van der Waals surface area contributed by atoms with Crippen LogP contribution in [0.5, 0.6) is 0 Å². The lowest BCUT2D eigenvalue weighted by Gasteiger charge is -1.97. The van der Waals surface area contributed by atoms with Crippen LogP contribution < -0.4 is 0 Å². The van der Waals surface area contributed by atoms with Gasteiger partial charge in [0, 0.05) is 23.0 Å². The van der Waals surface area contributed by atoms with Crippen molar-refractivity contribution in [2.24, 2.45) is 0 Å². The topological polar surface area (TPSA) is 63.7 Å². The third kappa shape index (κ3) is 4.99.